The van der Waals surface area contributed by atoms with E-state index in [0.29, 0.717) is 11.4 Å². The molecule has 2 aromatic rings. The first kappa shape index (κ1) is 12.8. The Hall–Kier alpha value is -2.63. The van der Waals surface area contributed by atoms with Crippen molar-refractivity contribution in [3.8, 4) is 11.5 Å². The zero-order chi connectivity index (χ0) is 13.8. The van der Waals surface area contributed by atoms with Crippen LogP contribution in [0, 0.1) is 5.95 Å². The van der Waals surface area contributed by atoms with E-state index in [1.165, 1.54) is 37.6 Å². The van der Waals surface area contributed by atoms with Crippen molar-refractivity contribution in [2.75, 3.05) is 12.4 Å². The molecule has 6 heteroatoms. The number of halogens is 1. The summed E-state index contributed by atoms with van der Waals surface area (Å²) in [5.74, 6) is -0.902. The summed E-state index contributed by atoms with van der Waals surface area (Å²) in [6.07, 6.45) is 1.18. The number of pyridine rings is 1. The van der Waals surface area contributed by atoms with Crippen molar-refractivity contribution in [1.82, 2.24) is 4.98 Å². The van der Waals surface area contributed by atoms with Gasteiger partial charge in [0.25, 0.3) is 5.91 Å². The van der Waals surface area contributed by atoms with Gasteiger partial charge in [-0.15, -0.1) is 0 Å². The van der Waals surface area contributed by atoms with Gasteiger partial charge in [0.15, 0.2) is 0 Å². The molecule has 1 aromatic heterocycles. The smallest absolute Gasteiger partial charge is 0.259 e. The number of rotatable bonds is 3. The number of anilines is 1. The monoisotopic (exact) mass is 262 g/mol. The Morgan fingerprint density at radius 3 is 2.79 bits per heavy atom. The average Bonchev–Trinajstić information content (AvgIpc) is 2.42. The normalized spacial score (nSPS) is 10.0. The number of methoxy groups -OCH3 is 1. The Labute approximate surface area is 108 Å². The second kappa shape index (κ2) is 5.34. The van der Waals surface area contributed by atoms with E-state index in [2.05, 4.69) is 10.3 Å². The molecule has 0 saturated carbocycles. The molecule has 19 heavy (non-hydrogen) atoms. The molecule has 2 N–H and O–H groups in total. The van der Waals surface area contributed by atoms with Crippen molar-refractivity contribution in [2.45, 2.75) is 0 Å². The summed E-state index contributed by atoms with van der Waals surface area (Å²) in [6, 6.07) is 6.79. The second-order valence-corrected chi connectivity index (χ2v) is 3.71. The molecule has 0 unspecified atom stereocenters. The molecule has 0 saturated heterocycles. The molecule has 98 valence electrons. The van der Waals surface area contributed by atoms with E-state index >= 15 is 0 Å². The number of nitrogens with one attached hydrogen (secondary N) is 1. The van der Waals surface area contributed by atoms with Crippen LogP contribution in [0.1, 0.15) is 10.4 Å². The molecule has 0 aliphatic rings. The van der Waals surface area contributed by atoms with Gasteiger partial charge < -0.3 is 15.2 Å². The molecule has 1 heterocycles. The molecule has 0 spiro atoms. The maximum atomic E-state index is 12.6. The van der Waals surface area contributed by atoms with Gasteiger partial charge in [0.2, 0.25) is 5.95 Å². The maximum absolute atomic E-state index is 12.6. The number of phenols is 1. The van der Waals surface area contributed by atoms with Crippen molar-refractivity contribution in [3.05, 3.63) is 48.0 Å². The molecule has 0 fully saturated rings. The highest BCUT2D eigenvalue weighted by Crippen LogP contribution is 2.23. The van der Waals surface area contributed by atoms with Gasteiger partial charge >= 0.3 is 0 Å². The molecule has 0 bridgehead atoms. The number of ether oxygens (including phenoxy) is 1. The van der Waals surface area contributed by atoms with Crippen molar-refractivity contribution >= 4 is 11.6 Å². The number of hydrogen-bond acceptors (Lipinski definition) is 4. The number of aromatic nitrogens is 1. The summed E-state index contributed by atoms with van der Waals surface area (Å²) >= 11 is 0. The van der Waals surface area contributed by atoms with Crippen LogP contribution in [0.25, 0.3) is 0 Å². The number of nitrogens with zero attached hydrogens (tertiary/aromatic N) is 1. The van der Waals surface area contributed by atoms with Gasteiger partial charge in [0.05, 0.1) is 24.6 Å². The number of aromatic hydroxyl groups is 1. The third-order valence-corrected chi connectivity index (χ3v) is 2.43. The topological polar surface area (TPSA) is 71.5 Å². The van der Waals surface area contributed by atoms with Gasteiger partial charge in [-0.3, -0.25) is 4.79 Å². The second-order valence-electron chi connectivity index (χ2n) is 3.71. The number of hydrogen-bond donors (Lipinski definition) is 2. The van der Waals surface area contributed by atoms with E-state index in [0.717, 1.165) is 6.07 Å². The first-order chi connectivity index (χ1) is 9.10. The van der Waals surface area contributed by atoms with Crippen molar-refractivity contribution in [3.63, 3.8) is 0 Å². The van der Waals surface area contributed by atoms with Crippen molar-refractivity contribution < 1.29 is 19.0 Å². The van der Waals surface area contributed by atoms with E-state index in [1.807, 2.05) is 0 Å². The summed E-state index contributed by atoms with van der Waals surface area (Å²) < 4.78 is 17.6. The van der Waals surface area contributed by atoms with Crippen LogP contribution in [0.4, 0.5) is 10.1 Å². The van der Waals surface area contributed by atoms with Gasteiger partial charge in [0.1, 0.15) is 11.5 Å². The molecule has 0 aliphatic carbocycles. The Kier molecular flexibility index (Phi) is 3.61. The third kappa shape index (κ3) is 2.98. The largest absolute Gasteiger partial charge is 0.507 e. The molecule has 0 radical (unpaired) electrons. The van der Waals surface area contributed by atoms with Crippen LogP contribution in [-0.2, 0) is 0 Å². The molecule has 0 atom stereocenters. The predicted octanol–water partition coefficient (Wildman–Crippen LogP) is 2.19. The summed E-state index contributed by atoms with van der Waals surface area (Å²) in [7, 11) is 1.46. The lowest BCUT2D eigenvalue weighted by molar-refractivity contribution is 0.102. The van der Waals surface area contributed by atoms with Crippen molar-refractivity contribution in [1.29, 1.82) is 0 Å². The minimum absolute atomic E-state index is 0.0590. The summed E-state index contributed by atoms with van der Waals surface area (Å²) in [5, 5.41) is 12.1. The average molecular weight is 262 g/mol. The van der Waals surface area contributed by atoms with Gasteiger partial charge in [-0.1, -0.05) is 0 Å². The number of amides is 1. The lowest BCUT2D eigenvalue weighted by Crippen LogP contribution is -2.12. The first-order valence-corrected chi connectivity index (χ1v) is 5.40. The van der Waals surface area contributed by atoms with Gasteiger partial charge in [-0.2, -0.15) is 4.39 Å². The number of phenolic OH excluding ortho intramolecular Hbond substituents is 1. The molecule has 1 aromatic carbocycles. The van der Waals surface area contributed by atoms with Gasteiger partial charge in [0, 0.05) is 0 Å². The fourth-order valence-corrected chi connectivity index (χ4v) is 1.47. The van der Waals surface area contributed by atoms with Crippen LogP contribution >= 0.6 is 0 Å². The number of carbonyl (C=O) groups is 1. The van der Waals surface area contributed by atoms with Crippen LogP contribution in [0.5, 0.6) is 11.5 Å². The molecular weight excluding hydrogens is 251 g/mol. The summed E-state index contributed by atoms with van der Waals surface area (Å²) in [5.41, 5.74) is 0.386. The van der Waals surface area contributed by atoms with E-state index in [1.54, 1.807) is 0 Å². The minimum Gasteiger partial charge on any atom is -0.507 e. The molecule has 1 amide bonds. The van der Waals surface area contributed by atoms with E-state index in [4.69, 9.17) is 4.74 Å². The lowest BCUT2D eigenvalue weighted by Gasteiger charge is -2.08. The summed E-state index contributed by atoms with van der Waals surface area (Å²) in [4.78, 5) is 15.4. The lowest BCUT2D eigenvalue weighted by atomic mass is 10.1. The molecular formula is C13H11FN2O3. The quantitative estimate of drug-likeness (QED) is 0.832. The zero-order valence-electron chi connectivity index (χ0n) is 10.1. The SMILES string of the molecule is COc1ccc(O)c(C(=O)Nc2ccc(F)nc2)c1. The van der Waals surface area contributed by atoms with Crippen LogP contribution in [0.2, 0.25) is 0 Å². The van der Waals surface area contributed by atoms with Crippen LogP contribution in [-0.4, -0.2) is 23.1 Å². The van der Waals surface area contributed by atoms with Crippen LogP contribution in [0.3, 0.4) is 0 Å². The molecule has 0 aliphatic heterocycles. The van der Waals surface area contributed by atoms with E-state index in [-0.39, 0.29) is 11.3 Å². The fourth-order valence-electron chi connectivity index (χ4n) is 1.47. The fraction of sp³-hybridized carbons (Fsp3) is 0.0769. The summed E-state index contributed by atoms with van der Waals surface area (Å²) in [6.45, 7) is 0. The van der Waals surface area contributed by atoms with Gasteiger partial charge in [-0.25, -0.2) is 4.98 Å². The van der Waals surface area contributed by atoms with E-state index < -0.39 is 11.9 Å². The Bertz CT molecular complexity index is 599. The highest BCUT2D eigenvalue weighted by Gasteiger charge is 2.12. The van der Waals surface area contributed by atoms with Gasteiger partial charge in [-0.05, 0) is 30.3 Å². The minimum atomic E-state index is -0.637. The Morgan fingerprint density at radius 1 is 1.37 bits per heavy atom. The van der Waals surface area contributed by atoms with E-state index in [9.17, 15) is 14.3 Å². The third-order valence-electron chi connectivity index (χ3n) is 2.43. The van der Waals surface area contributed by atoms with Crippen LogP contribution < -0.4 is 10.1 Å². The van der Waals surface area contributed by atoms with Crippen molar-refractivity contribution in [2.24, 2.45) is 0 Å². The van der Waals surface area contributed by atoms with Crippen LogP contribution in [0.15, 0.2) is 36.5 Å². The Morgan fingerprint density at radius 2 is 2.16 bits per heavy atom. The standard InChI is InChI=1S/C13H11FN2O3/c1-19-9-3-4-11(17)10(6-9)13(18)16-8-2-5-12(14)15-7-8/h2-7,17H,1H3,(H,16,18). The number of benzene rings is 1. The predicted molar refractivity (Wildman–Crippen MR) is 66.8 cm³/mol. The Balaban J connectivity index is 2.22. The highest BCUT2D eigenvalue weighted by atomic mass is 19.1. The number of carbonyl (C=O) groups excluding carboxylic acids is 1. The zero-order valence-corrected chi connectivity index (χ0v) is 10.1. The molecule has 5 nitrogen and oxygen atoms in total. The highest BCUT2D eigenvalue weighted by molar-refractivity contribution is 6.06. The first-order valence-electron chi connectivity index (χ1n) is 5.40. The maximum Gasteiger partial charge on any atom is 0.259 e. The molecule has 2 rings (SSSR count).